The number of likely N-dealkylation sites (tertiary alicyclic amines) is 1. The van der Waals surface area contributed by atoms with Gasteiger partial charge in [-0.1, -0.05) is 18.2 Å². The molecule has 1 N–H and O–H groups in total. The predicted octanol–water partition coefficient (Wildman–Crippen LogP) is 3.60. The maximum Gasteiger partial charge on any atom is 0.220 e. The van der Waals surface area contributed by atoms with Gasteiger partial charge in [-0.2, -0.15) is 0 Å². The van der Waals surface area contributed by atoms with Gasteiger partial charge in [-0.05, 0) is 67.7 Å². The first-order chi connectivity index (χ1) is 14.6. The Morgan fingerprint density at radius 2 is 1.67 bits per heavy atom. The number of benzene rings is 2. The van der Waals surface area contributed by atoms with Gasteiger partial charge in [0.1, 0.15) is 5.75 Å². The van der Waals surface area contributed by atoms with Crippen molar-refractivity contribution in [3.05, 3.63) is 53.6 Å². The lowest BCUT2D eigenvalue weighted by molar-refractivity contribution is -0.121. The van der Waals surface area contributed by atoms with Crippen molar-refractivity contribution in [2.45, 2.75) is 31.7 Å². The van der Waals surface area contributed by atoms with E-state index in [0.29, 0.717) is 30.9 Å². The number of ether oxygens (including phenoxy) is 3. The normalized spacial score (nSPS) is 14.9. The molecule has 0 aromatic heterocycles. The standard InChI is InChI=1S/C24H32N2O4/c1-28-20-10-8-19(9-11-20)21(26-14-4-5-15-26)17-25-24(27)13-7-18-6-12-22(29-2)23(16-18)30-3/h6,8-12,16,21H,4-5,7,13-15,17H2,1-3H3,(H,25,27). The van der Waals surface area contributed by atoms with E-state index >= 15 is 0 Å². The van der Waals surface area contributed by atoms with Crippen LogP contribution in [0.25, 0.3) is 0 Å². The predicted molar refractivity (Wildman–Crippen MR) is 117 cm³/mol. The summed E-state index contributed by atoms with van der Waals surface area (Å²) in [5.41, 5.74) is 2.26. The molecular formula is C24H32N2O4. The fourth-order valence-electron chi connectivity index (χ4n) is 3.93. The molecule has 1 aliphatic rings. The maximum atomic E-state index is 12.5. The van der Waals surface area contributed by atoms with Gasteiger partial charge in [0, 0.05) is 13.0 Å². The van der Waals surface area contributed by atoms with Crippen molar-refractivity contribution in [3.63, 3.8) is 0 Å². The minimum Gasteiger partial charge on any atom is -0.497 e. The molecule has 3 rings (SSSR count). The molecule has 1 saturated heterocycles. The molecule has 0 bridgehead atoms. The van der Waals surface area contributed by atoms with E-state index in [1.54, 1.807) is 21.3 Å². The van der Waals surface area contributed by atoms with E-state index in [1.807, 2.05) is 30.3 Å². The summed E-state index contributed by atoms with van der Waals surface area (Å²) in [5, 5.41) is 3.14. The average Bonchev–Trinajstić information content (AvgIpc) is 3.32. The number of hydrogen-bond acceptors (Lipinski definition) is 5. The lowest BCUT2D eigenvalue weighted by Crippen LogP contribution is -2.36. The SMILES string of the molecule is COc1ccc(C(CNC(=O)CCc2ccc(OC)c(OC)c2)N2CCCC2)cc1. The van der Waals surface area contributed by atoms with Crippen molar-refractivity contribution >= 4 is 5.91 Å². The highest BCUT2D eigenvalue weighted by molar-refractivity contribution is 5.76. The lowest BCUT2D eigenvalue weighted by Gasteiger charge is -2.28. The number of aryl methyl sites for hydroxylation is 1. The lowest BCUT2D eigenvalue weighted by atomic mass is 10.0. The van der Waals surface area contributed by atoms with Crippen LogP contribution in [0.5, 0.6) is 17.2 Å². The summed E-state index contributed by atoms with van der Waals surface area (Å²) in [6.45, 7) is 2.74. The van der Waals surface area contributed by atoms with E-state index in [2.05, 4.69) is 22.3 Å². The summed E-state index contributed by atoms with van der Waals surface area (Å²) in [6, 6.07) is 14.1. The van der Waals surface area contributed by atoms with Crippen LogP contribution in [-0.2, 0) is 11.2 Å². The van der Waals surface area contributed by atoms with Crippen LogP contribution in [0, 0.1) is 0 Å². The Morgan fingerprint density at radius 1 is 0.967 bits per heavy atom. The monoisotopic (exact) mass is 412 g/mol. The molecule has 162 valence electrons. The molecule has 1 aliphatic heterocycles. The Morgan fingerprint density at radius 3 is 2.30 bits per heavy atom. The third kappa shape index (κ3) is 5.66. The summed E-state index contributed by atoms with van der Waals surface area (Å²) in [6.07, 6.45) is 3.51. The Balaban J connectivity index is 1.57. The zero-order chi connectivity index (χ0) is 21.3. The van der Waals surface area contributed by atoms with Gasteiger partial charge in [0.2, 0.25) is 5.91 Å². The van der Waals surface area contributed by atoms with E-state index in [0.717, 1.165) is 24.4 Å². The third-order valence-electron chi connectivity index (χ3n) is 5.66. The highest BCUT2D eigenvalue weighted by Crippen LogP contribution is 2.28. The van der Waals surface area contributed by atoms with E-state index in [1.165, 1.54) is 18.4 Å². The topological polar surface area (TPSA) is 60.0 Å². The van der Waals surface area contributed by atoms with Crippen LogP contribution in [0.1, 0.15) is 36.4 Å². The van der Waals surface area contributed by atoms with Crippen LogP contribution in [0.2, 0.25) is 0 Å². The summed E-state index contributed by atoms with van der Waals surface area (Å²) in [5.74, 6) is 2.28. The van der Waals surface area contributed by atoms with Crippen LogP contribution < -0.4 is 19.5 Å². The molecule has 1 fully saturated rings. The van der Waals surface area contributed by atoms with Crippen molar-refractivity contribution in [3.8, 4) is 17.2 Å². The molecule has 1 unspecified atom stereocenters. The first-order valence-corrected chi connectivity index (χ1v) is 10.5. The first kappa shape index (κ1) is 22.0. The smallest absolute Gasteiger partial charge is 0.220 e. The number of methoxy groups -OCH3 is 3. The highest BCUT2D eigenvalue weighted by Gasteiger charge is 2.24. The molecule has 1 heterocycles. The molecule has 0 radical (unpaired) electrons. The van der Waals surface area contributed by atoms with Gasteiger partial charge in [-0.3, -0.25) is 9.69 Å². The molecule has 2 aromatic rings. The fraction of sp³-hybridized carbons (Fsp3) is 0.458. The van der Waals surface area contributed by atoms with Crippen molar-refractivity contribution in [2.24, 2.45) is 0 Å². The molecule has 0 saturated carbocycles. The molecule has 6 heteroatoms. The van der Waals surface area contributed by atoms with Crippen molar-refractivity contribution < 1.29 is 19.0 Å². The number of carbonyl (C=O) groups is 1. The molecule has 1 atom stereocenters. The van der Waals surface area contributed by atoms with Crippen LogP contribution in [0.3, 0.4) is 0 Å². The molecule has 1 amide bonds. The fourth-order valence-corrected chi connectivity index (χ4v) is 3.93. The molecule has 2 aromatic carbocycles. The summed E-state index contributed by atoms with van der Waals surface area (Å²) in [7, 11) is 4.90. The second-order valence-corrected chi connectivity index (χ2v) is 7.53. The van der Waals surface area contributed by atoms with Crippen LogP contribution in [0.15, 0.2) is 42.5 Å². The molecular weight excluding hydrogens is 380 g/mol. The van der Waals surface area contributed by atoms with Gasteiger partial charge in [0.25, 0.3) is 0 Å². The highest BCUT2D eigenvalue weighted by atomic mass is 16.5. The number of rotatable bonds is 10. The number of nitrogens with one attached hydrogen (secondary N) is 1. The number of amides is 1. The summed E-state index contributed by atoms with van der Waals surface area (Å²) >= 11 is 0. The first-order valence-electron chi connectivity index (χ1n) is 10.5. The van der Waals surface area contributed by atoms with Crippen molar-refractivity contribution in [1.82, 2.24) is 10.2 Å². The van der Waals surface area contributed by atoms with Gasteiger partial charge in [0.15, 0.2) is 11.5 Å². The number of hydrogen-bond donors (Lipinski definition) is 1. The Labute approximate surface area is 179 Å². The second kappa shape index (κ2) is 10.9. The van der Waals surface area contributed by atoms with E-state index in [9.17, 15) is 4.79 Å². The average molecular weight is 413 g/mol. The maximum absolute atomic E-state index is 12.5. The quantitative estimate of drug-likeness (QED) is 0.646. The Kier molecular flexibility index (Phi) is 7.97. The number of carbonyl (C=O) groups excluding carboxylic acids is 1. The zero-order valence-corrected chi connectivity index (χ0v) is 18.1. The third-order valence-corrected chi connectivity index (χ3v) is 5.66. The van der Waals surface area contributed by atoms with Gasteiger partial charge in [-0.15, -0.1) is 0 Å². The van der Waals surface area contributed by atoms with E-state index in [4.69, 9.17) is 14.2 Å². The zero-order valence-electron chi connectivity index (χ0n) is 18.1. The Hall–Kier alpha value is -2.73. The summed E-state index contributed by atoms with van der Waals surface area (Å²) in [4.78, 5) is 15.0. The van der Waals surface area contributed by atoms with Gasteiger partial charge >= 0.3 is 0 Å². The van der Waals surface area contributed by atoms with Gasteiger partial charge < -0.3 is 19.5 Å². The number of nitrogens with zero attached hydrogens (tertiary/aromatic N) is 1. The second-order valence-electron chi connectivity index (χ2n) is 7.53. The molecule has 0 spiro atoms. The minimum atomic E-state index is 0.0579. The van der Waals surface area contributed by atoms with Crippen LogP contribution in [0.4, 0.5) is 0 Å². The molecule has 30 heavy (non-hydrogen) atoms. The minimum absolute atomic E-state index is 0.0579. The largest absolute Gasteiger partial charge is 0.497 e. The van der Waals surface area contributed by atoms with E-state index in [-0.39, 0.29) is 11.9 Å². The molecule has 6 nitrogen and oxygen atoms in total. The van der Waals surface area contributed by atoms with Gasteiger partial charge in [0.05, 0.1) is 27.4 Å². The van der Waals surface area contributed by atoms with E-state index < -0.39 is 0 Å². The van der Waals surface area contributed by atoms with Crippen molar-refractivity contribution in [2.75, 3.05) is 41.0 Å². The van der Waals surface area contributed by atoms with Gasteiger partial charge in [-0.25, -0.2) is 0 Å². The molecule has 0 aliphatic carbocycles. The van der Waals surface area contributed by atoms with Crippen molar-refractivity contribution in [1.29, 1.82) is 0 Å². The van der Waals surface area contributed by atoms with Crippen LogP contribution >= 0.6 is 0 Å². The summed E-state index contributed by atoms with van der Waals surface area (Å²) < 4.78 is 15.9. The van der Waals surface area contributed by atoms with Crippen LogP contribution in [-0.4, -0.2) is 51.8 Å². The Bertz CT molecular complexity index is 816.